The van der Waals surface area contributed by atoms with Crippen molar-refractivity contribution in [3.8, 4) is 0 Å². The number of rotatable bonds is 7. The predicted molar refractivity (Wildman–Crippen MR) is 75.1 cm³/mol. The average Bonchev–Trinajstić information content (AvgIpc) is 2.12. The molecule has 1 unspecified atom stereocenters. The summed E-state index contributed by atoms with van der Waals surface area (Å²) in [7, 11) is 0. The minimum Gasteiger partial charge on any atom is -0.388 e. The Morgan fingerprint density at radius 1 is 1.28 bits per heavy atom. The first-order chi connectivity index (χ1) is 7.99. The van der Waals surface area contributed by atoms with E-state index in [0.717, 1.165) is 6.42 Å². The maximum absolute atomic E-state index is 12.0. The summed E-state index contributed by atoms with van der Waals surface area (Å²) in [5.74, 6) is 0.703. The Hall–Kier alpha value is -0.610. The summed E-state index contributed by atoms with van der Waals surface area (Å²) in [5.41, 5.74) is 4.08. The van der Waals surface area contributed by atoms with Crippen molar-refractivity contribution < 1.29 is 9.90 Å². The second-order valence-electron chi connectivity index (χ2n) is 6.67. The van der Waals surface area contributed by atoms with Gasteiger partial charge in [-0.05, 0) is 52.5 Å². The van der Waals surface area contributed by atoms with Gasteiger partial charge >= 0.3 is 0 Å². The smallest absolute Gasteiger partial charge is 0.220 e. The van der Waals surface area contributed by atoms with Crippen LogP contribution in [0.4, 0.5) is 0 Å². The van der Waals surface area contributed by atoms with Gasteiger partial charge in [0.2, 0.25) is 5.91 Å². The highest BCUT2D eigenvalue weighted by Crippen LogP contribution is 2.21. The molecule has 1 amide bonds. The zero-order valence-electron chi connectivity index (χ0n) is 12.7. The Kier molecular flexibility index (Phi) is 6.30. The van der Waals surface area contributed by atoms with E-state index in [0.29, 0.717) is 18.9 Å². The van der Waals surface area contributed by atoms with Gasteiger partial charge in [-0.15, -0.1) is 0 Å². The third-order valence-electron chi connectivity index (χ3n) is 3.59. The monoisotopic (exact) mass is 258 g/mol. The number of amides is 1. The van der Waals surface area contributed by atoms with Crippen molar-refractivity contribution in [2.24, 2.45) is 17.6 Å². The fourth-order valence-electron chi connectivity index (χ4n) is 1.74. The highest BCUT2D eigenvalue weighted by atomic mass is 16.3. The highest BCUT2D eigenvalue weighted by molar-refractivity contribution is 5.77. The largest absolute Gasteiger partial charge is 0.388 e. The summed E-state index contributed by atoms with van der Waals surface area (Å²) in [6.45, 7) is 11.8. The lowest BCUT2D eigenvalue weighted by atomic mass is 9.85. The SMILES string of the molecule is CC(C)CC(CN)CC(=O)NC(C)(C)C(C)(C)O. The van der Waals surface area contributed by atoms with Gasteiger partial charge in [0.1, 0.15) is 0 Å². The minimum atomic E-state index is -0.959. The zero-order valence-corrected chi connectivity index (χ0v) is 12.7. The van der Waals surface area contributed by atoms with Crippen molar-refractivity contribution in [2.75, 3.05) is 6.54 Å². The molecule has 4 nitrogen and oxygen atoms in total. The molecule has 18 heavy (non-hydrogen) atoms. The fraction of sp³-hybridized carbons (Fsp3) is 0.929. The number of carbonyl (C=O) groups is 1. The molecule has 4 heteroatoms. The molecule has 108 valence electrons. The van der Waals surface area contributed by atoms with Crippen LogP contribution in [-0.2, 0) is 4.79 Å². The van der Waals surface area contributed by atoms with Crippen LogP contribution in [0.2, 0.25) is 0 Å². The van der Waals surface area contributed by atoms with E-state index in [9.17, 15) is 9.90 Å². The lowest BCUT2D eigenvalue weighted by Crippen LogP contribution is -2.58. The standard InChI is InChI=1S/C14H30N2O2/c1-10(2)7-11(9-15)8-12(17)16-13(3,4)14(5,6)18/h10-11,18H,7-9,15H2,1-6H3,(H,16,17). The van der Waals surface area contributed by atoms with E-state index in [4.69, 9.17) is 5.73 Å². The van der Waals surface area contributed by atoms with E-state index in [1.165, 1.54) is 0 Å². The van der Waals surface area contributed by atoms with Gasteiger partial charge in [-0.1, -0.05) is 13.8 Å². The fourth-order valence-corrected chi connectivity index (χ4v) is 1.74. The molecule has 0 spiro atoms. The van der Waals surface area contributed by atoms with Crippen LogP contribution in [0.25, 0.3) is 0 Å². The molecular weight excluding hydrogens is 228 g/mol. The molecule has 4 N–H and O–H groups in total. The number of hydrogen-bond acceptors (Lipinski definition) is 3. The summed E-state index contributed by atoms with van der Waals surface area (Å²) in [4.78, 5) is 12.0. The Labute approximate surface area is 111 Å². The van der Waals surface area contributed by atoms with Crippen LogP contribution < -0.4 is 11.1 Å². The molecule has 0 aliphatic rings. The molecule has 0 aromatic heterocycles. The van der Waals surface area contributed by atoms with Gasteiger partial charge in [0.25, 0.3) is 0 Å². The maximum atomic E-state index is 12.0. The van der Waals surface area contributed by atoms with Crippen LogP contribution in [0.15, 0.2) is 0 Å². The van der Waals surface area contributed by atoms with Gasteiger partial charge in [-0.25, -0.2) is 0 Å². The van der Waals surface area contributed by atoms with Gasteiger partial charge in [0, 0.05) is 6.42 Å². The summed E-state index contributed by atoms with van der Waals surface area (Å²) in [6, 6.07) is 0. The van der Waals surface area contributed by atoms with Crippen LogP contribution in [-0.4, -0.2) is 28.7 Å². The van der Waals surface area contributed by atoms with Crippen molar-refractivity contribution in [2.45, 2.75) is 65.5 Å². The van der Waals surface area contributed by atoms with Gasteiger partial charge < -0.3 is 16.2 Å². The molecule has 0 bridgehead atoms. The van der Waals surface area contributed by atoms with Crippen LogP contribution in [0.1, 0.15) is 54.4 Å². The van der Waals surface area contributed by atoms with Crippen LogP contribution in [0.3, 0.4) is 0 Å². The number of nitrogens with one attached hydrogen (secondary N) is 1. The van der Waals surface area contributed by atoms with Crippen LogP contribution in [0, 0.1) is 11.8 Å². The summed E-state index contributed by atoms with van der Waals surface area (Å²) < 4.78 is 0. The number of hydrogen-bond donors (Lipinski definition) is 3. The third kappa shape index (κ3) is 5.83. The number of nitrogens with two attached hydrogens (primary N) is 1. The van der Waals surface area contributed by atoms with Crippen molar-refractivity contribution in [3.63, 3.8) is 0 Å². The Balaban J connectivity index is 4.42. The Morgan fingerprint density at radius 3 is 2.11 bits per heavy atom. The lowest BCUT2D eigenvalue weighted by molar-refractivity contribution is -0.127. The topological polar surface area (TPSA) is 75.4 Å². The molecule has 0 saturated heterocycles. The number of aliphatic hydroxyl groups is 1. The van der Waals surface area contributed by atoms with E-state index < -0.39 is 11.1 Å². The van der Waals surface area contributed by atoms with Gasteiger partial charge in [-0.3, -0.25) is 4.79 Å². The van der Waals surface area contributed by atoms with Gasteiger partial charge in [-0.2, -0.15) is 0 Å². The lowest BCUT2D eigenvalue weighted by Gasteiger charge is -2.38. The Morgan fingerprint density at radius 2 is 1.78 bits per heavy atom. The maximum Gasteiger partial charge on any atom is 0.220 e. The quantitative estimate of drug-likeness (QED) is 0.650. The zero-order chi connectivity index (χ0) is 14.6. The molecule has 0 aromatic rings. The highest BCUT2D eigenvalue weighted by Gasteiger charge is 2.36. The summed E-state index contributed by atoms with van der Waals surface area (Å²) >= 11 is 0. The second-order valence-corrected chi connectivity index (χ2v) is 6.67. The summed E-state index contributed by atoms with van der Waals surface area (Å²) in [5, 5.41) is 12.9. The normalized spacial score (nSPS) is 14.7. The third-order valence-corrected chi connectivity index (χ3v) is 3.59. The minimum absolute atomic E-state index is 0.0433. The molecule has 0 aliphatic carbocycles. The van der Waals surface area contributed by atoms with Crippen molar-refractivity contribution in [3.05, 3.63) is 0 Å². The molecule has 1 atom stereocenters. The van der Waals surface area contributed by atoms with Gasteiger partial charge in [0.05, 0.1) is 11.1 Å². The van der Waals surface area contributed by atoms with E-state index in [-0.39, 0.29) is 11.8 Å². The number of carbonyl (C=O) groups excluding carboxylic acids is 1. The first kappa shape index (κ1) is 17.4. The van der Waals surface area contributed by atoms with Crippen LogP contribution >= 0.6 is 0 Å². The van der Waals surface area contributed by atoms with E-state index in [1.807, 2.05) is 13.8 Å². The second kappa shape index (κ2) is 6.53. The molecule has 0 rings (SSSR count). The van der Waals surface area contributed by atoms with E-state index in [1.54, 1.807) is 13.8 Å². The average molecular weight is 258 g/mol. The molecule has 0 aromatic carbocycles. The molecule has 0 heterocycles. The first-order valence-electron chi connectivity index (χ1n) is 6.73. The molecule has 0 fully saturated rings. The molecule has 0 radical (unpaired) electrons. The van der Waals surface area contributed by atoms with Gasteiger partial charge in [0.15, 0.2) is 0 Å². The predicted octanol–water partition coefficient (Wildman–Crippen LogP) is 1.66. The van der Waals surface area contributed by atoms with Crippen molar-refractivity contribution >= 4 is 5.91 Å². The van der Waals surface area contributed by atoms with Crippen LogP contribution in [0.5, 0.6) is 0 Å². The molecule has 0 aliphatic heterocycles. The van der Waals surface area contributed by atoms with Crippen molar-refractivity contribution in [1.29, 1.82) is 0 Å². The van der Waals surface area contributed by atoms with E-state index >= 15 is 0 Å². The van der Waals surface area contributed by atoms with Crippen molar-refractivity contribution in [1.82, 2.24) is 5.32 Å². The Bertz CT molecular complexity index is 267. The van der Waals surface area contributed by atoms with E-state index in [2.05, 4.69) is 19.2 Å². The first-order valence-corrected chi connectivity index (χ1v) is 6.73. The molecular formula is C14H30N2O2. The molecule has 0 saturated carbocycles. The summed E-state index contributed by atoms with van der Waals surface area (Å²) in [6.07, 6.45) is 1.38.